The van der Waals surface area contributed by atoms with E-state index in [0.717, 1.165) is 23.4 Å². The third kappa shape index (κ3) is 5.10. The molecular weight excluding hydrogens is 350 g/mol. The van der Waals surface area contributed by atoms with Crippen molar-refractivity contribution in [1.29, 1.82) is 0 Å². The Hall–Kier alpha value is -2.80. The molecule has 1 fully saturated rings. The summed E-state index contributed by atoms with van der Waals surface area (Å²) in [4.78, 5) is 35.8. The molecule has 1 saturated carbocycles. The van der Waals surface area contributed by atoms with Gasteiger partial charge in [0, 0.05) is 27.8 Å². The molecule has 0 aromatic heterocycles. The number of carbonyl (C=O) groups excluding carboxylic acids is 3. The zero-order valence-corrected chi connectivity index (χ0v) is 14.8. The monoisotopic (exact) mass is 369 g/mol. The topological polar surface area (TPSA) is 101 Å². The van der Waals surface area contributed by atoms with Crippen molar-refractivity contribution in [3.8, 4) is 0 Å². The van der Waals surface area contributed by atoms with Gasteiger partial charge in [0.25, 0.3) is 0 Å². The molecule has 1 aliphatic rings. The zero-order valence-electron chi connectivity index (χ0n) is 14.0. The lowest BCUT2D eigenvalue weighted by molar-refractivity contribution is -0.117. The van der Waals surface area contributed by atoms with Gasteiger partial charge in [0.15, 0.2) is 0 Å². The molecule has 0 saturated heterocycles. The molecule has 4 N–H and O–H groups in total. The highest BCUT2D eigenvalue weighted by atomic mass is 32.2. The first-order valence-corrected chi connectivity index (χ1v) is 9.23. The summed E-state index contributed by atoms with van der Waals surface area (Å²) in [5.74, 6) is -0.221. The van der Waals surface area contributed by atoms with Gasteiger partial charge in [0.05, 0.1) is 5.75 Å². The van der Waals surface area contributed by atoms with E-state index in [-0.39, 0.29) is 23.5 Å². The highest BCUT2D eigenvalue weighted by Crippen LogP contribution is 2.30. The highest BCUT2D eigenvalue weighted by molar-refractivity contribution is 8.00. The molecule has 1 aliphatic carbocycles. The van der Waals surface area contributed by atoms with Gasteiger partial charge < -0.3 is 16.4 Å². The molecule has 26 heavy (non-hydrogen) atoms. The fourth-order valence-electron chi connectivity index (χ4n) is 2.32. The summed E-state index contributed by atoms with van der Waals surface area (Å²) >= 11 is 1.38. The summed E-state index contributed by atoms with van der Waals surface area (Å²) in [6.07, 6.45) is 1.92. The average molecular weight is 369 g/mol. The third-order valence-corrected chi connectivity index (χ3v) is 4.87. The summed E-state index contributed by atoms with van der Waals surface area (Å²) in [6, 6.07) is 13.9. The predicted molar refractivity (Wildman–Crippen MR) is 102 cm³/mol. The number of carbonyl (C=O) groups is 3. The van der Waals surface area contributed by atoms with Crippen molar-refractivity contribution in [2.45, 2.75) is 17.7 Å². The van der Waals surface area contributed by atoms with Crippen LogP contribution in [0.15, 0.2) is 53.4 Å². The fourth-order valence-corrected chi connectivity index (χ4v) is 3.07. The Morgan fingerprint density at radius 2 is 1.73 bits per heavy atom. The van der Waals surface area contributed by atoms with E-state index in [1.165, 1.54) is 11.8 Å². The van der Waals surface area contributed by atoms with Crippen LogP contribution in [-0.4, -0.2) is 23.5 Å². The number of nitrogens with two attached hydrogens (primary N) is 1. The molecule has 0 bridgehead atoms. The number of rotatable bonds is 7. The van der Waals surface area contributed by atoms with Crippen LogP contribution in [0.5, 0.6) is 0 Å². The molecule has 3 amide bonds. The van der Waals surface area contributed by atoms with E-state index in [4.69, 9.17) is 5.73 Å². The number of primary amides is 1. The summed E-state index contributed by atoms with van der Waals surface area (Å²) in [5.41, 5.74) is 6.92. The van der Waals surface area contributed by atoms with Crippen LogP contribution in [-0.2, 0) is 9.59 Å². The van der Waals surface area contributed by atoms with Gasteiger partial charge in [-0.25, -0.2) is 0 Å². The van der Waals surface area contributed by atoms with Crippen molar-refractivity contribution in [3.05, 3.63) is 54.1 Å². The van der Waals surface area contributed by atoms with E-state index in [1.54, 1.807) is 24.3 Å². The summed E-state index contributed by atoms with van der Waals surface area (Å²) < 4.78 is 0. The summed E-state index contributed by atoms with van der Waals surface area (Å²) in [7, 11) is 0. The molecule has 3 rings (SSSR count). The molecule has 134 valence electrons. The minimum absolute atomic E-state index is 0.0595. The number of hydrogen-bond donors (Lipinski definition) is 3. The molecule has 2 aromatic rings. The maximum Gasteiger partial charge on any atom is 0.248 e. The lowest BCUT2D eigenvalue weighted by atomic mass is 10.2. The van der Waals surface area contributed by atoms with E-state index < -0.39 is 5.91 Å². The molecule has 2 aromatic carbocycles. The maximum atomic E-state index is 12.1. The second-order valence-corrected chi connectivity index (χ2v) is 7.12. The number of benzene rings is 2. The van der Waals surface area contributed by atoms with Gasteiger partial charge in [0.2, 0.25) is 17.7 Å². The van der Waals surface area contributed by atoms with E-state index in [1.807, 2.05) is 24.3 Å². The van der Waals surface area contributed by atoms with Crippen molar-refractivity contribution in [3.63, 3.8) is 0 Å². The number of nitrogens with one attached hydrogen (secondary N) is 2. The SMILES string of the molecule is NC(=O)c1ccc(NC(=O)CSc2cccc(NC(=O)C3CC3)c2)cc1. The molecule has 0 spiro atoms. The second kappa shape index (κ2) is 8.05. The molecule has 0 atom stereocenters. The molecule has 0 radical (unpaired) electrons. The van der Waals surface area contributed by atoms with E-state index in [0.29, 0.717) is 11.3 Å². The van der Waals surface area contributed by atoms with Crippen LogP contribution in [0.2, 0.25) is 0 Å². The fraction of sp³-hybridized carbons (Fsp3) is 0.211. The summed E-state index contributed by atoms with van der Waals surface area (Å²) in [5, 5.41) is 5.66. The minimum Gasteiger partial charge on any atom is -0.366 e. The Morgan fingerprint density at radius 1 is 1.00 bits per heavy atom. The van der Waals surface area contributed by atoms with Gasteiger partial charge in [-0.15, -0.1) is 11.8 Å². The Morgan fingerprint density at radius 3 is 2.38 bits per heavy atom. The average Bonchev–Trinajstić information content (AvgIpc) is 3.46. The minimum atomic E-state index is -0.507. The first kappa shape index (κ1) is 18.0. The van der Waals surface area contributed by atoms with Gasteiger partial charge in [-0.2, -0.15) is 0 Å². The molecule has 0 unspecified atom stereocenters. The van der Waals surface area contributed by atoms with Gasteiger partial charge >= 0.3 is 0 Å². The van der Waals surface area contributed by atoms with Crippen molar-refractivity contribution >= 4 is 40.9 Å². The van der Waals surface area contributed by atoms with Gasteiger partial charge in [0.1, 0.15) is 0 Å². The van der Waals surface area contributed by atoms with Crippen molar-refractivity contribution in [1.82, 2.24) is 0 Å². The van der Waals surface area contributed by atoms with Crippen molar-refractivity contribution < 1.29 is 14.4 Å². The Balaban J connectivity index is 1.50. The molecule has 6 nitrogen and oxygen atoms in total. The first-order chi connectivity index (χ1) is 12.5. The van der Waals surface area contributed by atoms with Crippen LogP contribution in [0, 0.1) is 5.92 Å². The molecule has 0 aliphatic heterocycles. The zero-order chi connectivity index (χ0) is 18.5. The number of anilines is 2. The predicted octanol–water partition coefficient (Wildman–Crippen LogP) is 2.86. The standard InChI is InChI=1S/C19H19N3O3S/c20-18(24)12-6-8-14(9-7-12)21-17(23)11-26-16-3-1-2-15(10-16)22-19(25)13-4-5-13/h1-3,6-10,13H,4-5,11H2,(H2,20,24)(H,21,23)(H,22,25). The van der Waals surface area contributed by atoms with Crippen LogP contribution in [0.4, 0.5) is 11.4 Å². The molecular formula is C19H19N3O3S. The lowest BCUT2D eigenvalue weighted by Gasteiger charge is -2.08. The van der Waals surface area contributed by atoms with E-state index in [2.05, 4.69) is 10.6 Å². The lowest BCUT2D eigenvalue weighted by Crippen LogP contribution is -2.15. The van der Waals surface area contributed by atoms with Crippen LogP contribution in [0.3, 0.4) is 0 Å². The van der Waals surface area contributed by atoms with Crippen molar-refractivity contribution in [2.75, 3.05) is 16.4 Å². The summed E-state index contributed by atoms with van der Waals surface area (Å²) in [6.45, 7) is 0. The smallest absolute Gasteiger partial charge is 0.248 e. The van der Waals surface area contributed by atoms with Crippen molar-refractivity contribution in [2.24, 2.45) is 11.7 Å². The Bertz CT molecular complexity index is 832. The van der Waals surface area contributed by atoms with Crippen LogP contribution in [0.1, 0.15) is 23.2 Å². The maximum absolute atomic E-state index is 12.1. The second-order valence-electron chi connectivity index (χ2n) is 6.07. The van der Waals surface area contributed by atoms with Gasteiger partial charge in [-0.1, -0.05) is 6.07 Å². The number of thioether (sulfide) groups is 1. The Labute approximate surface area is 155 Å². The van der Waals surface area contributed by atoms with E-state index >= 15 is 0 Å². The third-order valence-electron chi connectivity index (χ3n) is 3.87. The largest absolute Gasteiger partial charge is 0.366 e. The normalized spacial score (nSPS) is 13.1. The number of hydrogen-bond acceptors (Lipinski definition) is 4. The van der Waals surface area contributed by atoms with E-state index in [9.17, 15) is 14.4 Å². The Kier molecular flexibility index (Phi) is 5.58. The van der Waals surface area contributed by atoms with Crippen LogP contribution < -0.4 is 16.4 Å². The first-order valence-electron chi connectivity index (χ1n) is 8.25. The molecule has 0 heterocycles. The highest BCUT2D eigenvalue weighted by Gasteiger charge is 2.29. The van der Waals surface area contributed by atoms with Crippen LogP contribution >= 0.6 is 11.8 Å². The number of amides is 3. The van der Waals surface area contributed by atoms with Gasteiger partial charge in [-0.05, 0) is 55.3 Å². The van der Waals surface area contributed by atoms with Crippen LogP contribution in [0.25, 0.3) is 0 Å². The quantitative estimate of drug-likeness (QED) is 0.653. The van der Waals surface area contributed by atoms with Gasteiger partial charge in [-0.3, -0.25) is 14.4 Å². The molecule has 7 heteroatoms.